The Morgan fingerprint density at radius 3 is 1.26 bits per heavy atom. The van der Waals surface area contributed by atoms with Gasteiger partial charge in [0.2, 0.25) is 5.91 Å². The van der Waals surface area contributed by atoms with Gasteiger partial charge in [0.05, 0.1) is 25.4 Å². The molecule has 2 unspecified atom stereocenters. The first kappa shape index (κ1) is 60.1. The molecular weight excluding hydrogens is 767 g/mol. The quantitative estimate of drug-likeness (QED) is 0.0245. The molecule has 0 fully saturated rings. The molecule has 6 heteroatoms. The monoisotopic (exact) mass is 872 g/mol. The maximum absolute atomic E-state index is 12.4. The Morgan fingerprint density at radius 2 is 0.806 bits per heavy atom. The Bertz CT molecular complexity index is 1010. The maximum atomic E-state index is 12.4. The van der Waals surface area contributed by atoms with Crippen molar-refractivity contribution in [3.63, 3.8) is 0 Å². The SMILES string of the molecule is CCCCCC/C=C\CCCCCCCC(=O)OCCCCC/C=C\C=C/CCCCCCCCCCCCC(=O)NC(CO)C(O)CCCCCCCCCCCCCCC. The summed E-state index contributed by atoms with van der Waals surface area (Å²) in [5.41, 5.74) is 0. The first-order valence-corrected chi connectivity index (χ1v) is 27.3. The van der Waals surface area contributed by atoms with Gasteiger partial charge in [-0.15, -0.1) is 0 Å². The number of amides is 1. The average Bonchev–Trinajstić information content (AvgIpc) is 3.27. The number of aliphatic hydroxyl groups excluding tert-OH is 2. The largest absolute Gasteiger partial charge is 0.466 e. The Morgan fingerprint density at radius 1 is 0.452 bits per heavy atom. The van der Waals surface area contributed by atoms with Crippen molar-refractivity contribution in [1.82, 2.24) is 5.32 Å². The second-order valence-electron chi connectivity index (χ2n) is 18.6. The predicted octanol–water partition coefficient (Wildman–Crippen LogP) is 16.5. The van der Waals surface area contributed by atoms with Gasteiger partial charge in [0.1, 0.15) is 0 Å². The lowest BCUT2D eigenvalue weighted by molar-refractivity contribution is -0.143. The van der Waals surface area contributed by atoms with E-state index >= 15 is 0 Å². The number of aliphatic hydroxyl groups is 2. The van der Waals surface area contributed by atoms with Gasteiger partial charge in [-0.3, -0.25) is 9.59 Å². The van der Waals surface area contributed by atoms with Gasteiger partial charge in [0.15, 0.2) is 0 Å². The highest BCUT2D eigenvalue weighted by molar-refractivity contribution is 5.76. The number of carbonyl (C=O) groups is 2. The molecule has 0 saturated heterocycles. The number of allylic oxidation sites excluding steroid dienone is 6. The molecule has 0 aromatic rings. The van der Waals surface area contributed by atoms with E-state index in [2.05, 4.69) is 55.6 Å². The summed E-state index contributed by atoms with van der Waals surface area (Å²) in [7, 11) is 0. The van der Waals surface area contributed by atoms with Gasteiger partial charge < -0.3 is 20.3 Å². The topological polar surface area (TPSA) is 95.9 Å². The molecule has 364 valence electrons. The first-order valence-electron chi connectivity index (χ1n) is 27.3. The molecule has 62 heavy (non-hydrogen) atoms. The summed E-state index contributed by atoms with van der Waals surface area (Å²) >= 11 is 0. The van der Waals surface area contributed by atoms with Crippen molar-refractivity contribution in [2.75, 3.05) is 13.2 Å². The Kier molecular flexibility index (Phi) is 50.1. The minimum Gasteiger partial charge on any atom is -0.466 e. The summed E-state index contributed by atoms with van der Waals surface area (Å²) < 4.78 is 5.43. The van der Waals surface area contributed by atoms with Crippen molar-refractivity contribution in [3.8, 4) is 0 Å². The van der Waals surface area contributed by atoms with Crippen LogP contribution in [0.1, 0.15) is 284 Å². The summed E-state index contributed by atoms with van der Waals surface area (Å²) in [5, 5.41) is 23.2. The first-order chi connectivity index (χ1) is 30.5. The highest BCUT2D eigenvalue weighted by atomic mass is 16.5. The van der Waals surface area contributed by atoms with Crippen LogP contribution in [0.4, 0.5) is 0 Å². The molecule has 0 aliphatic carbocycles. The zero-order valence-electron chi connectivity index (χ0n) is 41.4. The minimum atomic E-state index is -0.670. The molecule has 1 amide bonds. The Balaban J connectivity index is 3.49. The van der Waals surface area contributed by atoms with E-state index in [9.17, 15) is 19.8 Å². The molecule has 0 rings (SSSR count). The third-order valence-corrected chi connectivity index (χ3v) is 12.4. The van der Waals surface area contributed by atoms with E-state index in [0.29, 0.717) is 25.9 Å². The van der Waals surface area contributed by atoms with E-state index < -0.39 is 12.1 Å². The molecule has 0 radical (unpaired) electrons. The lowest BCUT2D eigenvalue weighted by Crippen LogP contribution is -2.45. The van der Waals surface area contributed by atoms with Gasteiger partial charge in [-0.05, 0) is 83.5 Å². The predicted molar refractivity (Wildman–Crippen MR) is 269 cm³/mol. The Hall–Kier alpha value is -1.92. The molecule has 0 bridgehead atoms. The number of hydrogen-bond donors (Lipinski definition) is 3. The van der Waals surface area contributed by atoms with Gasteiger partial charge >= 0.3 is 5.97 Å². The lowest BCUT2D eigenvalue weighted by Gasteiger charge is -2.22. The van der Waals surface area contributed by atoms with Gasteiger partial charge in [-0.1, -0.05) is 224 Å². The van der Waals surface area contributed by atoms with Crippen LogP contribution in [0.5, 0.6) is 0 Å². The van der Waals surface area contributed by atoms with E-state index in [-0.39, 0.29) is 18.5 Å². The van der Waals surface area contributed by atoms with Crippen molar-refractivity contribution in [3.05, 3.63) is 36.5 Å². The Labute approximate surface area is 385 Å². The van der Waals surface area contributed by atoms with Crippen molar-refractivity contribution < 1.29 is 24.5 Å². The van der Waals surface area contributed by atoms with Crippen molar-refractivity contribution >= 4 is 11.9 Å². The lowest BCUT2D eigenvalue weighted by atomic mass is 10.0. The number of nitrogens with one attached hydrogen (secondary N) is 1. The molecule has 0 aromatic heterocycles. The number of ether oxygens (including phenoxy) is 1. The summed E-state index contributed by atoms with van der Waals surface area (Å²) in [4.78, 5) is 24.4. The minimum absolute atomic E-state index is 0.0230. The number of esters is 1. The van der Waals surface area contributed by atoms with Crippen LogP contribution in [-0.4, -0.2) is 47.4 Å². The molecule has 2 atom stereocenters. The highest BCUT2D eigenvalue weighted by Gasteiger charge is 2.20. The van der Waals surface area contributed by atoms with Gasteiger partial charge in [-0.25, -0.2) is 0 Å². The van der Waals surface area contributed by atoms with Crippen LogP contribution in [0.2, 0.25) is 0 Å². The van der Waals surface area contributed by atoms with Crippen LogP contribution < -0.4 is 5.32 Å². The fourth-order valence-corrected chi connectivity index (χ4v) is 8.21. The molecule has 0 aliphatic heterocycles. The molecule has 0 heterocycles. The van der Waals surface area contributed by atoms with E-state index in [1.165, 1.54) is 180 Å². The molecule has 0 aromatic carbocycles. The smallest absolute Gasteiger partial charge is 0.305 e. The number of hydrogen-bond acceptors (Lipinski definition) is 5. The molecule has 0 spiro atoms. The normalized spacial score (nSPS) is 12.9. The zero-order chi connectivity index (χ0) is 45.1. The average molecular weight is 872 g/mol. The third-order valence-electron chi connectivity index (χ3n) is 12.4. The van der Waals surface area contributed by atoms with Crippen molar-refractivity contribution in [1.29, 1.82) is 0 Å². The van der Waals surface area contributed by atoms with E-state index in [4.69, 9.17) is 4.74 Å². The van der Waals surface area contributed by atoms with Crippen LogP contribution >= 0.6 is 0 Å². The molecule has 0 aliphatic rings. The van der Waals surface area contributed by atoms with Crippen molar-refractivity contribution in [2.24, 2.45) is 0 Å². The summed E-state index contributed by atoms with van der Waals surface area (Å²) in [5.74, 6) is -0.0685. The standard InChI is InChI=1S/C56H105NO5/c1-3-5-7-9-11-13-15-24-28-32-36-40-44-48-54(59)53(52-58)57-55(60)49-45-41-37-33-29-26-22-20-18-17-19-21-23-27-31-35-39-43-47-51-62-56(61)50-46-42-38-34-30-25-16-14-12-10-8-6-4-2/h14,16,21,23,27,31,53-54,58-59H,3-13,15,17-20,22,24-26,28-30,32-52H2,1-2H3,(H,57,60)/b16-14-,23-21-,31-27-. The molecule has 0 saturated carbocycles. The van der Waals surface area contributed by atoms with Gasteiger partial charge in [-0.2, -0.15) is 0 Å². The summed E-state index contributed by atoms with van der Waals surface area (Å²) in [6, 6.07) is -0.549. The number of carbonyl (C=O) groups excluding carboxylic acids is 2. The molecule has 3 N–H and O–H groups in total. The number of rotatable bonds is 50. The van der Waals surface area contributed by atoms with Crippen LogP contribution in [0.15, 0.2) is 36.5 Å². The second kappa shape index (κ2) is 51.7. The van der Waals surface area contributed by atoms with E-state index in [0.717, 1.165) is 70.6 Å². The third kappa shape index (κ3) is 47.6. The number of unbranched alkanes of at least 4 members (excludes halogenated alkanes) is 34. The van der Waals surface area contributed by atoms with Crippen LogP contribution in [-0.2, 0) is 14.3 Å². The van der Waals surface area contributed by atoms with Crippen molar-refractivity contribution in [2.45, 2.75) is 296 Å². The van der Waals surface area contributed by atoms with Crippen LogP contribution in [0, 0.1) is 0 Å². The fourth-order valence-electron chi connectivity index (χ4n) is 8.21. The molecule has 6 nitrogen and oxygen atoms in total. The highest BCUT2D eigenvalue weighted by Crippen LogP contribution is 2.16. The summed E-state index contributed by atoms with van der Waals surface area (Å²) in [6.07, 6.45) is 62.7. The van der Waals surface area contributed by atoms with Crippen LogP contribution in [0.3, 0.4) is 0 Å². The maximum Gasteiger partial charge on any atom is 0.305 e. The summed E-state index contributed by atoms with van der Waals surface area (Å²) in [6.45, 7) is 4.89. The van der Waals surface area contributed by atoms with Gasteiger partial charge in [0.25, 0.3) is 0 Å². The van der Waals surface area contributed by atoms with E-state index in [1.807, 2.05) is 0 Å². The zero-order valence-corrected chi connectivity index (χ0v) is 41.4. The molecular formula is C56H105NO5. The van der Waals surface area contributed by atoms with Crippen LogP contribution in [0.25, 0.3) is 0 Å². The van der Waals surface area contributed by atoms with E-state index in [1.54, 1.807) is 0 Å². The second-order valence-corrected chi connectivity index (χ2v) is 18.6. The van der Waals surface area contributed by atoms with Gasteiger partial charge in [0, 0.05) is 12.8 Å². The fraction of sp³-hybridized carbons (Fsp3) is 0.857.